The number of anilines is 1. The number of nitrogens with one attached hydrogen (secondary N) is 1. The number of benzene rings is 1. The molecule has 0 heterocycles. The smallest absolute Gasteiger partial charge is 0.283 e. The van der Waals surface area contributed by atoms with E-state index in [4.69, 9.17) is 0 Å². The van der Waals surface area contributed by atoms with Crippen LogP contribution in [0.2, 0.25) is 0 Å². The third-order valence-electron chi connectivity index (χ3n) is 2.43. The number of hydrogen-bond acceptors (Lipinski definition) is 4. The summed E-state index contributed by atoms with van der Waals surface area (Å²) >= 11 is 0. The van der Waals surface area contributed by atoms with Crippen LogP contribution in [-0.4, -0.2) is 23.1 Å². The van der Waals surface area contributed by atoms with Crippen molar-refractivity contribution in [2.24, 2.45) is 0 Å². The van der Waals surface area contributed by atoms with Gasteiger partial charge < -0.3 is 0 Å². The summed E-state index contributed by atoms with van der Waals surface area (Å²) in [6.45, 7) is 4.43. The van der Waals surface area contributed by atoms with Gasteiger partial charge in [-0.05, 0) is 37.5 Å². The SMILES string of the molecule is Cc1cc(C)c(S(=O)(=O)F)c(C)c1NS(C)(=O)=O. The van der Waals surface area contributed by atoms with Crippen LogP contribution >= 0.6 is 0 Å². The van der Waals surface area contributed by atoms with Gasteiger partial charge in [-0.15, -0.1) is 3.89 Å². The molecule has 0 saturated carbocycles. The van der Waals surface area contributed by atoms with Crippen molar-refractivity contribution in [3.8, 4) is 0 Å². The minimum Gasteiger partial charge on any atom is -0.283 e. The third-order valence-corrected chi connectivity index (χ3v) is 4.12. The van der Waals surface area contributed by atoms with E-state index < -0.39 is 25.1 Å². The van der Waals surface area contributed by atoms with Crippen molar-refractivity contribution in [3.05, 3.63) is 22.8 Å². The van der Waals surface area contributed by atoms with Gasteiger partial charge in [-0.2, -0.15) is 8.42 Å². The fraction of sp³-hybridized carbons (Fsp3) is 0.400. The normalized spacial score (nSPS) is 12.5. The average molecular weight is 295 g/mol. The molecule has 5 nitrogen and oxygen atoms in total. The van der Waals surface area contributed by atoms with Gasteiger partial charge in [0.05, 0.1) is 11.9 Å². The van der Waals surface area contributed by atoms with E-state index in [1.807, 2.05) is 0 Å². The van der Waals surface area contributed by atoms with Crippen molar-refractivity contribution in [1.29, 1.82) is 0 Å². The predicted molar refractivity (Wildman–Crippen MR) is 67.4 cm³/mol. The number of halogens is 1. The Kier molecular flexibility index (Phi) is 3.73. The molecule has 0 fully saturated rings. The average Bonchev–Trinajstić information content (AvgIpc) is 2.07. The molecule has 0 bridgehead atoms. The first-order valence-corrected chi connectivity index (χ1v) is 8.24. The van der Waals surface area contributed by atoms with E-state index in [2.05, 4.69) is 4.72 Å². The molecule has 1 rings (SSSR count). The maximum absolute atomic E-state index is 13.2. The van der Waals surface area contributed by atoms with Crippen LogP contribution < -0.4 is 4.72 Å². The highest BCUT2D eigenvalue weighted by Gasteiger charge is 2.23. The minimum atomic E-state index is -4.89. The summed E-state index contributed by atoms with van der Waals surface area (Å²) in [5, 5.41) is 0. The topological polar surface area (TPSA) is 80.3 Å². The lowest BCUT2D eigenvalue weighted by molar-refractivity contribution is 0.550. The van der Waals surface area contributed by atoms with Crippen LogP contribution in [0.3, 0.4) is 0 Å². The molecule has 102 valence electrons. The Morgan fingerprint density at radius 1 is 1.06 bits per heavy atom. The Morgan fingerprint density at radius 2 is 1.56 bits per heavy atom. The largest absolute Gasteiger partial charge is 0.332 e. The molecule has 0 unspecified atom stereocenters. The molecule has 8 heteroatoms. The van der Waals surface area contributed by atoms with E-state index in [1.165, 1.54) is 19.9 Å². The lowest BCUT2D eigenvalue weighted by Crippen LogP contribution is -2.14. The third kappa shape index (κ3) is 3.20. The minimum absolute atomic E-state index is 0.0559. The van der Waals surface area contributed by atoms with Gasteiger partial charge in [0.15, 0.2) is 0 Å². The maximum Gasteiger partial charge on any atom is 0.332 e. The van der Waals surface area contributed by atoms with E-state index in [0.717, 1.165) is 6.26 Å². The first-order valence-electron chi connectivity index (χ1n) is 4.96. The van der Waals surface area contributed by atoms with Crippen LogP contribution in [0.25, 0.3) is 0 Å². The van der Waals surface area contributed by atoms with Crippen molar-refractivity contribution < 1.29 is 20.7 Å². The zero-order valence-electron chi connectivity index (χ0n) is 10.4. The van der Waals surface area contributed by atoms with Crippen LogP contribution in [0.5, 0.6) is 0 Å². The molecule has 0 aromatic heterocycles. The summed E-state index contributed by atoms with van der Waals surface area (Å²) in [6, 6.07) is 1.42. The second-order valence-electron chi connectivity index (χ2n) is 4.15. The zero-order valence-corrected chi connectivity index (χ0v) is 12.0. The summed E-state index contributed by atoms with van der Waals surface area (Å²) in [5.74, 6) is 0. The lowest BCUT2D eigenvalue weighted by Gasteiger charge is -2.15. The van der Waals surface area contributed by atoms with Gasteiger partial charge in [0, 0.05) is 0 Å². The lowest BCUT2D eigenvalue weighted by atomic mass is 10.1. The molecule has 0 aliphatic carbocycles. The van der Waals surface area contributed by atoms with Gasteiger partial charge in [-0.1, -0.05) is 6.07 Å². The quantitative estimate of drug-likeness (QED) is 0.860. The molecule has 1 N–H and O–H groups in total. The van der Waals surface area contributed by atoms with E-state index >= 15 is 0 Å². The van der Waals surface area contributed by atoms with E-state index in [-0.39, 0.29) is 16.8 Å². The molecule has 0 aliphatic heterocycles. The fourth-order valence-corrected chi connectivity index (χ4v) is 3.48. The summed E-state index contributed by atoms with van der Waals surface area (Å²) in [4.78, 5) is -0.487. The monoisotopic (exact) mass is 295 g/mol. The summed E-state index contributed by atoms with van der Waals surface area (Å²) < 4.78 is 59.9. The van der Waals surface area contributed by atoms with Gasteiger partial charge in [0.1, 0.15) is 4.90 Å². The molecule has 0 amide bonds. The molecule has 0 saturated heterocycles. The van der Waals surface area contributed by atoms with Crippen molar-refractivity contribution in [2.45, 2.75) is 25.7 Å². The predicted octanol–water partition coefficient (Wildman–Crippen LogP) is 1.64. The molecule has 1 aromatic rings. The van der Waals surface area contributed by atoms with Crippen LogP contribution in [0.1, 0.15) is 16.7 Å². The molecule has 0 aliphatic rings. The fourth-order valence-electron chi connectivity index (χ4n) is 1.89. The Balaban J connectivity index is 3.66. The first kappa shape index (κ1) is 14.9. The van der Waals surface area contributed by atoms with E-state index in [1.54, 1.807) is 6.92 Å². The summed E-state index contributed by atoms with van der Waals surface area (Å²) in [6.07, 6.45) is 0.940. The van der Waals surface area contributed by atoms with Crippen molar-refractivity contribution in [3.63, 3.8) is 0 Å². The Labute approximate surface area is 106 Å². The highest BCUT2D eigenvalue weighted by atomic mass is 32.3. The Hall–Kier alpha value is -1.15. The zero-order chi connectivity index (χ0) is 14.3. The van der Waals surface area contributed by atoms with Gasteiger partial charge in [-0.25, -0.2) is 8.42 Å². The summed E-state index contributed by atoms with van der Waals surface area (Å²) in [7, 11) is -8.46. The van der Waals surface area contributed by atoms with Crippen LogP contribution in [0.15, 0.2) is 11.0 Å². The van der Waals surface area contributed by atoms with E-state index in [0.29, 0.717) is 5.56 Å². The van der Waals surface area contributed by atoms with Gasteiger partial charge in [-0.3, -0.25) is 4.72 Å². The molecule has 0 spiro atoms. The van der Waals surface area contributed by atoms with Gasteiger partial charge in [0.25, 0.3) is 0 Å². The first-order chi connectivity index (χ1) is 7.93. The number of rotatable bonds is 3. The molecular weight excluding hydrogens is 281 g/mol. The summed E-state index contributed by atoms with van der Waals surface area (Å²) in [5.41, 5.74) is 0.925. The highest BCUT2D eigenvalue weighted by Crippen LogP contribution is 2.31. The van der Waals surface area contributed by atoms with Crippen LogP contribution in [0.4, 0.5) is 9.57 Å². The van der Waals surface area contributed by atoms with Crippen molar-refractivity contribution in [1.82, 2.24) is 0 Å². The molecular formula is C10H14FNO4S2. The van der Waals surface area contributed by atoms with Crippen molar-refractivity contribution in [2.75, 3.05) is 11.0 Å². The molecule has 0 atom stereocenters. The number of aryl methyl sites for hydroxylation is 2. The molecule has 0 radical (unpaired) electrons. The second-order valence-corrected chi connectivity index (χ2v) is 7.18. The Morgan fingerprint density at radius 3 is 1.94 bits per heavy atom. The van der Waals surface area contributed by atoms with Crippen LogP contribution in [-0.2, 0) is 20.2 Å². The molecule has 18 heavy (non-hydrogen) atoms. The number of sulfonamides is 1. The Bertz CT molecular complexity index is 693. The standard InChI is InChI=1S/C10H14FNO4S2/c1-6-5-7(2)10(18(11,15)16)8(3)9(6)12-17(4,13)14/h5,12H,1-4H3. The van der Waals surface area contributed by atoms with Crippen LogP contribution in [0, 0.1) is 20.8 Å². The van der Waals surface area contributed by atoms with E-state index in [9.17, 15) is 20.7 Å². The van der Waals surface area contributed by atoms with Crippen molar-refractivity contribution >= 4 is 25.9 Å². The second kappa shape index (κ2) is 4.51. The highest BCUT2D eigenvalue weighted by molar-refractivity contribution is 7.92. The maximum atomic E-state index is 13.2. The van der Waals surface area contributed by atoms with Gasteiger partial charge >= 0.3 is 10.2 Å². The number of hydrogen-bond donors (Lipinski definition) is 1. The molecule has 1 aromatic carbocycles. The van der Waals surface area contributed by atoms with Gasteiger partial charge in [0.2, 0.25) is 10.0 Å².